The molecule has 1 N–H and O–H groups in total. The van der Waals surface area contributed by atoms with Crippen LogP contribution in [0.5, 0.6) is 11.6 Å². The molecule has 0 atom stereocenters. The summed E-state index contributed by atoms with van der Waals surface area (Å²) >= 11 is 0. The van der Waals surface area contributed by atoms with Gasteiger partial charge in [0.15, 0.2) is 0 Å². The van der Waals surface area contributed by atoms with Crippen LogP contribution in [0.2, 0.25) is 0 Å². The molecule has 0 radical (unpaired) electrons. The monoisotopic (exact) mass is 230 g/mol. The third-order valence-corrected chi connectivity index (χ3v) is 2.39. The molecule has 1 aromatic carbocycles. The molecule has 4 heteroatoms. The lowest BCUT2D eigenvalue weighted by Crippen LogP contribution is -1.93. The number of hydrogen-bond donors (Lipinski definition) is 1. The molecule has 0 amide bonds. The van der Waals surface area contributed by atoms with Gasteiger partial charge in [-0.3, -0.25) is 0 Å². The fourth-order valence-electron chi connectivity index (χ4n) is 1.41. The highest BCUT2D eigenvalue weighted by Gasteiger charge is 2.00. The summed E-state index contributed by atoms with van der Waals surface area (Å²) in [5.41, 5.74) is 1.80. The maximum absolute atomic E-state index is 8.93. The molecule has 88 valence electrons. The average molecular weight is 230 g/mol. The van der Waals surface area contributed by atoms with Gasteiger partial charge in [0, 0.05) is 11.8 Å². The molecule has 0 aliphatic heterocycles. The van der Waals surface area contributed by atoms with Gasteiger partial charge >= 0.3 is 0 Å². The molecule has 0 unspecified atom stereocenters. The van der Waals surface area contributed by atoms with E-state index in [1.165, 1.54) is 6.33 Å². The predicted octanol–water partition coefficient (Wildman–Crippen LogP) is 2.32. The van der Waals surface area contributed by atoms with Crippen molar-refractivity contribution in [3.05, 3.63) is 47.9 Å². The Morgan fingerprint density at radius 1 is 1.18 bits per heavy atom. The standard InChI is InChI=1S/C13H14N2O2/c1-2-11-7-13(15-9-14-11)17-12-5-3-10(8-16)4-6-12/h3-7,9,16H,2,8H2,1H3. The summed E-state index contributed by atoms with van der Waals surface area (Å²) in [6.45, 7) is 2.07. The van der Waals surface area contributed by atoms with Crippen LogP contribution in [0.3, 0.4) is 0 Å². The van der Waals surface area contributed by atoms with Gasteiger partial charge in [-0.1, -0.05) is 19.1 Å². The molecule has 0 saturated carbocycles. The lowest BCUT2D eigenvalue weighted by atomic mass is 10.2. The quantitative estimate of drug-likeness (QED) is 0.875. The van der Waals surface area contributed by atoms with Crippen LogP contribution in [0.15, 0.2) is 36.7 Å². The Bertz CT molecular complexity index is 483. The van der Waals surface area contributed by atoms with Crippen molar-refractivity contribution in [2.24, 2.45) is 0 Å². The van der Waals surface area contributed by atoms with Gasteiger partial charge in [-0.2, -0.15) is 0 Å². The number of aromatic nitrogens is 2. The van der Waals surface area contributed by atoms with Gasteiger partial charge < -0.3 is 9.84 Å². The minimum absolute atomic E-state index is 0.0355. The highest BCUT2D eigenvalue weighted by atomic mass is 16.5. The summed E-state index contributed by atoms with van der Waals surface area (Å²) in [5, 5.41) is 8.93. The lowest BCUT2D eigenvalue weighted by Gasteiger charge is -2.05. The van der Waals surface area contributed by atoms with E-state index < -0.39 is 0 Å². The highest BCUT2D eigenvalue weighted by molar-refractivity contribution is 5.30. The molecule has 2 aromatic rings. The van der Waals surface area contributed by atoms with Crippen LogP contribution >= 0.6 is 0 Å². The number of rotatable bonds is 4. The Hall–Kier alpha value is -1.94. The van der Waals surface area contributed by atoms with E-state index in [1.807, 2.05) is 25.1 Å². The van der Waals surface area contributed by atoms with Crippen molar-refractivity contribution < 1.29 is 9.84 Å². The van der Waals surface area contributed by atoms with Gasteiger partial charge in [0.2, 0.25) is 5.88 Å². The van der Waals surface area contributed by atoms with Crippen LogP contribution in [0, 0.1) is 0 Å². The highest BCUT2D eigenvalue weighted by Crippen LogP contribution is 2.19. The van der Waals surface area contributed by atoms with Crippen LogP contribution in [0.25, 0.3) is 0 Å². The molecule has 0 aliphatic rings. The fourth-order valence-corrected chi connectivity index (χ4v) is 1.41. The predicted molar refractivity (Wildman–Crippen MR) is 63.8 cm³/mol. The molecule has 0 bridgehead atoms. The Morgan fingerprint density at radius 2 is 1.94 bits per heavy atom. The zero-order valence-corrected chi connectivity index (χ0v) is 9.63. The normalized spacial score (nSPS) is 10.2. The summed E-state index contributed by atoms with van der Waals surface area (Å²) < 4.78 is 5.59. The number of aliphatic hydroxyl groups excluding tert-OH is 1. The van der Waals surface area contributed by atoms with Crippen LogP contribution in [-0.4, -0.2) is 15.1 Å². The van der Waals surface area contributed by atoms with Crippen molar-refractivity contribution >= 4 is 0 Å². The molecule has 0 aliphatic carbocycles. The Balaban J connectivity index is 2.13. The van der Waals surface area contributed by atoms with E-state index in [2.05, 4.69) is 9.97 Å². The van der Waals surface area contributed by atoms with Crippen molar-refractivity contribution in [1.82, 2.24) is 9.97 Å². The van der Waals surface area contributed by atoms with E-state index in [-0.39, 0.29) is 6.61 Å². The Labute approximate surface area is 99.9 Å². The SMILES string of the molecule is CCc1cc(Oc2ccc(CO)cc2)ncn1. The van der Waals surface area contributed by atoms with E-state index >= 15 is 0 Å². The third-order valence-electron chi connectivity index (χ3n) is 2.39. The molecule has 2 rings (SSSR count). The van der Waals surface area contributed by atoms with E-state index in [9.17, 15) is 0 Å². The number of hydrogen-bond acceptors (Lipinski definition) is 4. The second kappa shape index (κ2) is 5.41. The molecular weight excluding hydrogens is 216 g/mol. The second-order valence-corrected chi connectivity index (χ2v) is 3.61. The first kappa shape index (κ1) is 11.5. The molecule has 0 saturated heterocycles. The summed E-state index contributed by atoms with van der Waals surface area (Å²) in [7, 11) is 0. The molecule has 0 spiro atoms. The maximum Gasteiger partial charge on any atom is 0.222 e. The molecule has 4 nitrogen and oxygen atoms in total. The van der Waals surface area contributed by atoms with Crippen molar-refractivity contribution in [3.63, 3.8) is 0 Å². The van der Waals surface area contributed by atoms with Gasteiger partial charge in [-0.25, -0.2) is 9.97 Å². The molecule has 0 fully saturated rings. The van der Waals surface area contributed by atoms with E-state index in [1.54, 1.807) is 12.1 Å². The lowest BCUT2D eigenvalue weighted by molar-refractivity contribution is 0.281. The first-order chi connectivity index (χ1) is 8.31. The number of nitrogens with zero attached hydrogens (tertiary/aromatic N) is 2. The van der Waals surface area contributed by atoms with Crippen LogP contribution in [0.1, 0.15) is 18.2 Å². The van der Waals surface area contributed by atoms with Gasteiger partial charge in [0.1, 0.15) is 12.1 Å². The maximum atomic E-state index is 8.93. The Kier molecular flexibility index (Phi) is 3.67. The van der Waals surface area contributed by atoms with Crippen LogP contribution in [0.4, 0.5) is 0 Å². The largest absolute Gasteiger partial charge is 0.439 e. The molecule has 1 aromatic heterocycles. The minimum atomic E-state index is 0.0355. The second-order valence-electron chi connectivity index (χ2n) is 3.61. The van der Waals surface area contributed by atoms with Gasteiger partial charge in [-0.05, 0) is 24.1 Å². The van der Waals surface area contributed by atoms with Gasteiger partial charge in [0.25, 0.3) is 0 Å². The topological polar surface area (TPSA) is 55.2 Å². The first-order valence-corrected chi connectivity index (χ1v) is 5.50. The van der Waals surface area contributed by atoms with Crippen LogP contribution < -0.4 is 4.74 Å². The van der Waals surface area contributed by atoms with Gasteiger partial charge in [0.05, 0.1) is 6.61 Å². The zero-order valence-electron chi connectivity index (χ0n) is 9.63. The first-order valence-electron chi connectivity index (χ1n) is 5.50. The molecular formula is C13H14N2O2. The minimum Gasteiger partial charge on any atom is -0.439 e. The number of ether oxygens (including phenoxy) is 1. The summed E-state index contributed by atoms with van der Waals surface area (Å²) in [5.74, 6) is 1.23. The molecule has 1 heterocycles. The van der Waals surface area contributed by atoms with Crippen molar-refractivity contribution in [2.75, 3.05) is 0 Å². The number of aryl methyl sites for hydroxylation is 1. The van der Waals surface area contributed by atoms with Crippen molar-refractivity contribution in [1.29, 1.82) is 0 Å². The smallest absolute Gasteiger partial charge is 0.222 e. The number of benzene rings is 1. The summed E-state index contributed by atoms with van der Waals surface area (Å²) in [6, 6.07) is 9.06. The number of aliphatic hydroxyl groups is 1. The van der Waals surface area contributed by atoms with Gasteiger partial charge in [-0.15, -0.1) is 0 Å². The Morgan fingerprint density at radius 3 is 2.59 bits per heavy atom. The third kappa shape index (κ3) is 3.01. The zero-order chi connectivity index (χ0) is 12.1. The van der Waals surface area contributed by atoms with E-state index in [0.29, 0.717) is 11.6 Å². The molecule has 17 heavy (non-hydrogen) atoms. The summed E-state index contributed by atoms with van der Waals surface area (Å²) in [4.78, 5) is 8.15. The summed E-state index contributed by atoms with van der Waals surface area (Å²) in [6.07, 6.45) is 2.35. The fraction of sp³-hybridized carbons (Fsp3) is 0.231. The van der Waals surface area contributed by atoms with E-state index in [4.69, 9.17) is 9.84 Å². The van der Waals surface area contributed by atoms with Crippen LogP contribution in [-0.2, 0) is 13.0 Å². The van der Waals surface area contributed by atoms with Crippen molar-refractivity contribution in [2.45, 2.75) is 20.0 Å². The van der Waals surface area contributed by atoms with E-state index in [0.717, 1.165) is 17.7 Å². The van der Waals surface area contributed by atoms with Crippen molar-refractivity contribution in [3.8, 4) is 11.6 Å². The average Bonchev–Trinajstić information content (AvgIpc) is 2.40.